The third-order valence-electron chi connectivity index (χ3n) is 9.27. The van der Waals surface area contributed by atoms with Crippen LogP contribution in [-0.2, 0) is 20.2 Å². The maximum Gasteiger partial charge on any atom is 0.294 e. The topological polar surface area (TPSA) is 191 Å². The van der Waals surface area contributed by atoms with E-state index >= 15 is 0 Å². The quantitative estimate of drug-likeness (QED) is 0.0446. The summed E-state index contributed by atoms with van der Waals surface area (Å²) in [4.78, 5) is 2.63. The molecule has 0 saturated carbocycles. The van der Waals surface area contributed by atoms with Crippen LogP contribution in [0.5, 0.6) is 0 Å². The maximum absolute atomic E-state index is 12.8. The van der Waals surface area contributed by atoms with Crippen molar-refractivity contribution < 1.29 is 25.9 Å². The van der Waals surface area contributed by atoms with E-state index in [1.807, 2.05) is 65.7 Å². The van der Waals surface area contributed by atoms with Gasteiger partial charge in [0.25, 0.3) is 20.2 Å². The van der Waals surface area contributed by atoms with Crippen LogP contribution < -0.4 is 31.9 Å². The van der Waals surface area contributed by atoms with Crippen molar-refractivity contribution in [1.82, 2.24) is 0 Å². The first kappa shape index (κ1) is 38.9. The van der Waals surface area contributed by atoms with Crippen LogP contribution in [0.4, 0.5) is 45.5 Å². The predicted molar refractivity (Wildman–Crippen MR) is 216 cm³/mol. The molecule has 14 heteroatoms. The first-order chi connectivity index (χ1) is 24.6. The lowest BCUT2D eigenvalue weighted by Gasteiger charge is -2.25. The Morgan fingerprint density at radius 1 is 0.547 bits per heavy atom. The fraction of sp³-hybridized carbons (Fsp3) is 0.231. The molecule has 280 valence electrons. The van der Waals surface area contributed by atoms with Crippen LogP contribution in [0.3, 0.4) is 0 Å². The number of benzene rings is 5. The van der Waals surface area contributed by atoms with Crippen molar-refractivity contribution in [1.29, 1.82) is 0 Å². The maximum atomic E-state index is 12.8. The van der Waals surface area contributed by atoms with E-state index in [9.17, 15) is 25.9 Å². The van der Waals surface area contributed by atoms with E-state index in [1.165, 1.54) is 6.07 Å². The van der Waals surface area contributed by atoms with Gasteiger partial charge >= 0.3 is 0 Å². The number of anilines is 8. The molecule has 53 heavy (non-hydrogen) atoms. The van der Waals surface area contributed by atoms with Gasteiger partial charge in [-0.1, -0.05) is 18.2 Å². The highest BCUT2D eigenvalue weighted by atomic mass is 32.2. The molecule has 12 nitrogen and oxygen atoms in total. The molecule has 0 aliphatic carbocycles. The van der Waals surface area contributed by atoms with Gasteiger partial charge in [0.15, 0.2) is 0 Å². The van der Waals surface area contributed by atoms with Gasteiger partial charge in [0.05, 0.1) is 9.79 Å². The molecule has 0 spiro atoms. The summed E-state index contributed by atoms with van der Waals surface area (Å²) in [7, 11) is -1.95. The number of nitrogens with two attached hydrogens (primary N) is 2. The minimum Gasteiger partial charge on any atom is -0.398 e. The Morgan fingerprint density at radius 3 is 1.25 bits per heavy atom. The third kappa shape index (κ3) is 8.36. The van der Waals surface area contributed by atoms with Crippen LogP contribution in [0.2, 0.25) is 0 Å². The molecule has 5 aromatic carbocycles. The highest BCUT2D eigenvalue weighted by Crippen LogP contribution is 2.43. The zero-order valence-corrected chi connectivity index (χ0v) is 32.6. The second-order valence-corrected chi connectivity index (χ2v) is 16.5. The highest BCUT2D eigenvalue weighted by Gasteiger charge is 2.30. The number of hydrogen-bond donors (Lipinski definition) is 6. The molecule has 5 aromatic rings. The minimum absolute atomic E-state index is 0.00311. The Balaban J connectivity index is 1.65. The Bertz CT molecular complexity index is 2290. The van der Waals surface area contributed by atoms with E-state index < -0.39 is 35.9 Å². The van der Waals surface area contributed by atoms with Gasteiger partial charge in [0.2, 0.25) is 0 Å². The fourth-order valence-corrected chi connectivity index (χ4v) is 7.89. The van der Waals surface area contributed by atoms with Crippen LogP contribution in [0.1, 0.15) is 44.9 Å². The molecule has 8 N–H and O–H groups in total. The van der Waals surface area contributed by atoms with Crippen LogP contribution in [0.15, 0.2) is 88.7 Å². The van der Waals surface area contributed by atoms with Gasteiger partial charge in [-0.25, -0.2) is 0 Å². The van der Waals surface area contributed by atoms with Crippen LogP contribution >= 0.6 is 0 Å². The molecule has 0 amide bonds. The largest absolute Gasteiger partial charge is 0.398 e. The van der Waals surface area contributed by atoms with Gasteiger partial charge in [-0.05, 0) is 127 Å². The van der Waals surface area contributed by atoms with Gasteiger partial charge < -0.3 is 31.9 Å². The van der Waals surface area contributed by atoms with E-state index in [4.69, 9.17) is 11.5 Å². The Kier molecular flexibility index (Phi) is 10.7. The van der Waals surface area contributed by atoms with E-state index in [0.717, 1.165) is 57.1 Å². The number of nitrogens with one attached hydrogen (secondary N) is 2. The summed E-state index contributed by atoms with van der Waals surface area (Å²) in [6.07, 6.45) is 0. The van der Waals surface area contributed by atoms with Crippen molar-refractivity contribution in [2.24, 2.45) is 0 Å². The Labute approximate surface area is 312 Å². The van der Waals surface area contributed by atoms with E-state index in [-0.39, 0.29) is 16.9 Å². The lowest BCUT2D eigenvalue weighted by atomic mass is 9.83. The molecular formula is C39H46N6O6S2. The molecule has 0 aliphatic heterocycles. The van der Waals surface area contributed by atoms with Crippen molar-refractivity contribution in [2.75, 3.05) is 60.1 Å². The van der Waals surface area contributed by atoms with Crippen molar-refractivity contribution in [3.8, 4) is 0 Å². The molecule has 0 radical (unpaired) electrons. The first-order valence-corrected chi connectivity index (χ1v) is 19.5. The summed E-state index contributed by atoms with van der Waals surface area (Å²) in [6.45, 7) is 8.02. The Morgan fingerprint density at radius 2 is 0.925 bits per heavy atom. The molecule has 0 aromatic heterocycles. The van der Waals surface area contributed by atoms with Crippen LogP contribution in [0.25, 0.3) is 0 Å². The van der Waals surface area contributed by atoms with Crippen LogP contribution in [-0.4, -0.2) is 54.1 Å². The van der Waals surface area contributed by atoms with E-state index in [0.29, 0.717) is 22.5 Å². The molecule has 0 unspecified atom stereocenters. The molecule has 5 rings (SSSR count). The fourth-order valence-electron chi connectivity index (χ4n) is 6.55. The second-order valence-electron chi connectivity index (χ2n) is 13.7. The zero-order chi connectivity index (χ0) is 39.2. The zero-order valence-electron chi connectivity index (χ0n) is 31.0. The SMILES string of the molecule is Cc1cc(N(C)C)cc(C)c1Nc1ccc(C(c2ccc(Nc3c(C)cc(N(C)C)cc3C)cc2N)c2ccc(S(=O)(=O)O)cc2S(=O)(=O)O)c(N)c1. The summed E-state index contributed by atoms with van der Waals surface area (Å²) in [6, 6.07) is 21.8. The minimum atomic E-state index is -5.03. The lowest BCUT2D eigenvalue weighted by molar-refractivity contribution is 0.480. The first-order valence-electron chi connectivity index (χ1n) is 16.6. The van der Waals surface area contributed by atoms with Gasteiger partial charge in [-0.2, -0.15) is 16.8 Å². The molecule has 0 heterocycles. The van der Waals surface area contributed by atoms with E-state index in [2.05, 4.69) is 34.9 Å². The number of aryl methyl sites for hydroxylation is 4. The van der Waals surface area contributed by atoms with Crippen molar-refractivity contribution in [2.45, 2.75) is 43.4 Å². The summed E-state index contributed by atoms with van der Waals surface area (Å²) >= 11 is 0. The average molecular weight is 759 g/mol. The summed E-state index contributed by atoms with van der Waals surface area (Å²) in [5, 5.41) is 6.90. The number of rotatable bonds is 11. The molecule has 0 fully saturated rings. The standard InChI is InChI=1S/C39H46N6O6S2/c1-22-15-28(44(5)6)16-23(2)38(22)42-26-9-12-31(34(40)19-26)37(33-14-11-30(52(46,47)48)21-36(33)53(49,50)51)32-13-10-27(20-35(32)41)43-39-24(3)17-29(45(7)8)18-25(39)4/h9-21,37,42-43H,40-41H2,1-8H3,(H,46,47,48)(H,49,50,51). The lowest BCUT2D eigenvalue weighted by Crippen LogP contribution is -2.15. The van der Waals surface area contributed by atoms with Gasteiger partial charge in [-0.15, -0.1) is 0 Å². The molecule has 0 bridgehead atoms. The average Bonchev–Trinajstić information content (AvgIpc) is 3.05. The molecular weight excluding hydrogens is 713 g/mol. The predicted octanol–water partition coefficient (Wildman–Crippen LogP) is 7.38. The van der Waals surface area contributed by atoms with E-state index in [1.54, 1.807) is 36.4 Å². The third-order valence-corrected chi connectivity index (χ3v) is 11.0. The van der Waals surface area contributed by atoms with Gasteiger partial charge in [0.1, 0.15) is 0 Å². The smallest absolute Gasteiger partial charge is 0.294 e. The van der Waals surface area contributed by atoms with Crippen molar-refractivity contribution >= 4 is 65.7 Å². The summed E-state index contributed by atoms with van der Waals surface area (Å²) < 4.78 is 69.9. The summed E-state index contributed by atoms with van der Waals surface area (Å²) in [5.41, 5.74) is 24.3. The number of hydrogen-bond acceptors (Lipinski definition) is 10. The van der Waals surface area contributed by atoms with Gasteiger partial charge in [-0.3, -0.25) is 9.11 Å². The monoisotopic (exact) mass is 758 g/mol. The van der Waals surface area contributed by atoms with Crippen LogP contribution in [0, 0.1) is 27.7 Å². The van der Waals surface area contributed by atoms with Crippen molar-refractivity contribution in [3.05, 3.63) is 118 Å². The molecule has 0 saturated heterocycles. The van der Waals surface area contributed by atoms with Crippen molar-refractivity contribution in [3.63, 3.8) is 0 Å². The van der Waals surface area contributed by atoms with Gasteiger partial charge in [0, 0.05) is 79.6 Å². The molecule has 0 aliphatic rings. The number of nitrogens with zero attached hydrogens (tertiary/aromatic N) is 2. The highest BCUT2D eigenvalue weighted by molar-refractivity contribution is 7.86. The molecule has 0 atom stereocenters. The normalized spacial score (nSPS) is 11.8. The second kappa shape index (κ2) is 14.6. The number of nitrogen functional groups attached to an aromatic ring is 2. The Hall–Kier alpha value is -5.28. The summed E-state index contributed by atoms with van der Waals surface area (Å²) in [5.74, 6) is -1.00.